The molecule has 2 aromatic rings. The molecule has 0 spiro atoms. The molecule has 8 nitrogen and oxygen atoms in total. The van der Waals surface area contributed by atoms with Gasteiger partial charge in [-0.2, -0.15) is 4.31 Å². The number of aromatic amines is 1. The zero-order chi connectivity index (χ0) is 21.0. The van der Waals surface area contributed by atoms with Crippen molar-refractivity contribution in [3.05, 3.63) is 52.3 Å². The minimum absolute atomic E-state index is 0.0139. The molecule has 1 aromatic heterocycles. The SMILES string of the molecule is CN(C1CCCCC1)S(=O)(=O)c1ccc(C(=O)NNC(=O)c2cc(Br)c[nH]2)cc1. The van der Waals surface area contributed by atoms with Crippen LogP contribution in [0.1, 0.15) is 53.0 Å². The minimum atomic E-state index is -3.62. The molecule has 3 N–H and O–H groups in total. The number of rotatable bonds is 5. The van der Waals surface area contributed by atoms with E-state index in [1.165, 1.54) is 28.6 Å². The number of amides is 2. The minimum Gasteiger partial charge on any atom is -0.356 e. The zero-order valence-corrected chi connectivity index (χ0v) is 18.3. The van der Waals surface area contributed by atoms with Gasteiger partial charge in [-0.05, 0) is 59.1 Å². The van der Waals surface area contributed by atoms with Gasteiger partial charge in [-0.3, -0.25) is 20.4 Å². The van der Waals surface area contributed by atoms with Gasteiger partial charge in [0.1, 0.15) is 5.69 Å². The molecule has 0 atom stereocenters. The number of hydrogen-bond donors (Lipinski definition) is 3. The van der Waals surface area contributed by atoms with Crippen molar-refractivity contribution in [2.75, 3.05) is 7.05 Å². The largest absolute Gasteiger partial charge is 0.356 e. The summed E-state index contributed by atoms with van der Waals surface area (Å²) in [5, 5.41) is 0. The van der Waals surface area contributed by atoms with Crippen LogP contribution in [0, 0.1) is 0 Å². The number of aromatic nitrogens is 1. The van der Waals surface area contributed by atoms with Crippen molar-refractivity contribution < 1.29 is 18.0 Å². The average Bonchev–Trinajstić information content (AvgIpc) is 3.18. The summed E-state index contributed by atoms with van der Waals surface area (Å²) in [5.41, 5.74) is 5.12. The Bertz CT molecular complexity index is 982. The molecule has 0 saturated heterocycles. The van der Waals surface area contributed by atoms with Crippen LogP contribution in [-0.2, 0) is 10.0 Å². The fourth-order valence-corrected chi connectivity index (χ4v) is 5.10. The summed E-state index contributed by atoms with van der Waals surface area (Å²) in [6.45, 7) is 0. The van der Waals surface area contributed by atoms with E-state index in [4.69, 9.17) is 0 Å². The van der Waals surface area contributed by atoms with Gasteiger partial charge in [0.15, 0.2) is 0 Å². The molecule has 156 valence electrons. The van der Waals surface area contributed by atoms with Crippen molar-refractivity contribution in [2.24, 2.45) is 0 Å². The first-order valence-electron chi connectivity index (χ1n) is 9.32. The number of nitrogens with one attached hydrogen (secondary N) is 3. The molecule has 2 amide bonds. The van der Waals surface area contributed by atoms with Crippen LogP contribution in [0.5, 0.6) is 0 Å². The maximum absolute atomic E-state index is 12.8. The van der Waals surface area contributed by atoms with E-state index in [2.05, 4.69) is 31.8 Å². The van der Waals surface area contributed by atoms with Gasteiger partial charge in [-0.25, -0.2) is 8.42 Å². The van der Waals surface area contributed by atoms with Crippen LogP contribution in [0.15, 0.2) is 45.9 Å². The summed E-state index contributed by atoms with van der Waals surface area (Å²) in [7, 11) is -2.01. The number of carbonyl (C=O) groups is 2. The summed E-state index contributed by atoms with van der Waals surface area (Å²) in [6, 6.07) is 7.26. The van der Waals surface area contributed by atoms with E-state index in [-0.39, 0.29) is 22.2 Å². The Morgan fingerprint density at radius 2 is 1.69 bits per heavy atom. The van der Waals surface area contributed by atoms with E-state index >= 15 is 0 Å². The van der Waals surface area contributed by atoms with E-state index in [0.29, 0.717) is 4.47 Å². The maximum atomic E-state index is 12.8. The lowest BCUT2D eigenvalue weighted by molar-refractivity contribution is 0.0844. The smallest absolute Gasteiger partial charge is 0.286 e. The summed E-state index contributed by atoms with van der Waals surface area (Å²) in [5.74, 6) is -1.05. The van der Waals surface area contributed by atoms with Gasteiger partial charge < -0.3 is 4.98 Å². The number of halogens is 1. The number of carbonyl (C=O) groups excluding carboxylic acids is 2. The quantitative estimate of drug-likeness (QED) is 0.568. The number of nitrogens with zero attached hydrogens (tertiary/aromatic N) is 1. The molecule has 0 aliphatic heterocycles. The number of benzene rings is 1. The van der Waals surface area contributed by atoms with Crippen molar-refractivity contribution in [3.63, 3.8) is 0 Å². The predicted octanol–water partition coefficient (Wildman–Crippen LogP) is 2.81. The van der Waals surface area contributed by atoms with E-state index in [1.807, 2.05) is 0 Å². The van der Waals surface area contributed by atoms with E-state index in [0.717, 1.165) is 32.1 Å². The Kier molecular flexibility index (Phi) is 6.76. The van der Waals surface area contributed by atoms with E-state index in [9.17, 15) is 18.0 Å². The van der Waals surface area contributed by atoms with Gasteiger partial charge >= 0.3 is 0 Å². The van der Waals surface area contributed by atoms with E-state index in [1.54, 1.807) is 19.3 Å². The first-order chi connectivity index (χ1) is 13.8. The van der Waals surface area contributed by atoms with Gasteiger partial charge in [0.05, 0.1) is 4.90 Å². The first kappa shape index (κ1) is 21.5. The number of H-pyrrole nitrogens is 1. The molecule has 0 radical (unpaired) electrons. The van der Waals surface area contributed by atoms with Crippen molar-refractivity contribution in [1.29, 1.82) is 0 Å². The van der Waals surface area contributed by atoms with Crippen molar-refractivity contribution in [3.8, 4) is 0 Å². The van der Waals surface area contributed by atoms with Crippen molar-refractivity contribution in [2.45, 2.75) is 43.0 Å². The number of hydrazine groups is 1. The highest BCUT2D eigenvalue weighted by Crippen LogP contribution is 2.26. The van der Waals surface area contributed by atoms with Crippen molar-refractivity contribution >= 4 is 37.8 Å². The van der Waals surface area contributed by atoms with Crippen LogP contribution < -0.4 is 10.9 Å². The highest BCUT2D eigenvalue weighted by atomic mass is 79.9. The standard InChI is InChI=1S/C19H23BrN4O4S/c1-24(15-5-3-2-4-6-15)29(27,28)16-9-7-13(8-10-16)18(25)22-23-19(26)17-11-14(20)12-21-17/h7-12,15,21H,2-6H2,1H3,(H,22,25)(H,23,26). The lowest BCUT2D eigenvalue weighted by Crippen LogP contribution is -2.41. The fraction of sp³-hybridized carbons (Fsp3) is 0.368. The Labute approximate surface area is 178 Å². The summed E-state index contributed by atoms with van der Waals surface area (Å²) in [4.78, 5) is 27.1. The molecule has 1 fully saturated rings. The first-order valence-corrected chi connectivity index (χ1v) is 11.5. The molecule has 0 bridgehead atoms. The lowest BCUT2D eigenvalue weighted by atomic mass is 9.96. The van der Waals surface area contributed by atoms with Gasteiger partial charge in [0.25, 0.3) is 11.8 Å². The van der Waals surface area contributed by atoms with Crippen molar-refractivity contribution in [1.82, 2.24) is 20.1 Å². The molecule has 1 heterocycles. The molecular weight excluding hydrogens is 460 g/mol. The Balaban J connectivity index is 1.62. The molecule has 1 aliphatic carbocycles. The van der Waals surface area contributed by atoms with Gasteiger partial charge in [-0.15, -0.1) is 0 Å². The van der Waals surface area contributed by atoms with Gasteiger partial charge in [0, 0.05) is 29.3 Å². The van der Waals surface area contributed by atoms with E-state index < -0.39 is 21.8 Å². The molecule has 1 aliphatic rings. The third-order valence-electron chi connectivity index (χ3n) is 5.06. The number of hydrogen-bond acceptors (Lipinski definition) is 4. The Hall–Kier alpha value is -2.17. The molecule has 10 heteroatoms. The van der Waals surface area contributed by atoms with Crippen LogP contribution in [0.25, 0.3) is 0 Å². The third kappa shape index (κ3) is 5.06. The monoisotopic (exact) mass is 482 g/mol. The molecule has 1 aromatic carbocycles. The lowest BCUT2D eigenvalue weighted by Gasteiger charge is -2.30. The molecule has 1 saturated carbocycles. The molecule has 0 unspecified atom stereocenters. The Morgan fingerprint density at radius 1 is 1.07 bits per heavy atom. The van der Waals surface area contributed by atoms with Gasteiger partial charge in [0.2, 0.25) is 10.0 Å². The van der Waals surface area contributed by atoms with Crippen LogP contribution >= 0.6 is 15.9 Å². The van der Waals surface area contributed by atoms with Crippen LogP contribution in [-0.4, -0.2) is 42.6 Å². The second kappa shape index (κ2) is 9.10. The van der Waals surface area contributed by atoms with Crippen LogP contribution in [0.4, 0.5) is 0 Å². The summed E-state index contributed by atoms with van der Waals surface area (Å²) >= 11 is 3.22. The highest BCUT2D eigenvalue weighted by molar-refractivity contribution is 9.10. The second-order valence-electron chi connectivity index (χ2n) is 6.98. The van der Waals surface area contributed by atoms with Crippen LogP contribution in [0.3, 0.4) is 0 Å². The number of sulfonamides is 1. The Morgan fingerprint density at radius 3 is 2.28 bits per heavy atom. The molecule has 29 heavy (non-hydrogen) atoms. The normalized spacial score (nSPS) is 15.3. The summed E-state index contributed by atoms with van der Waals surface area (Å²) < 4.78 is 27.8. The average molecular weight is 483 g/mol. The van der Waals surface area contributed by atoms with Gasteiger partial charge in [-0.1, -0.05) is 19.3 Å². The third-order valence-corrected chi connectivity index (χ3v) is 7.45. The maximum Gasteiger partial charge on any atom is 0.286 e. The summed E-state index contributed by atoms with van der Waals surface area (Å²) in [6.07, 6.45) is 6.55. The topological polar surface area (TPSA) is 111 Å². The molecular formula is C19H23BrN4O4S. The molecule has 3 rings (SSSR count). The fourth-order valence-electron chi connectivity index (χ4n) is 3.34. The second-order valence-corrected chi connectivity index (χ2v) is 9.89. The van der Waals surface area contributed by atoms with Crippen LogP contribution in [0.2, 0.25) is 0 Å². The highest BCUT2D eigenvalue weighted by Gasteiger charge is 2.29. The zero-order valence-electron chi connectivity index (χ0n) is 15.9. The predicted molar refractivity (Wildman–Crippen MR) is 112 cm³/mol.